The number of aliphatic hydroxyl groups excluding tert-OH is 1. The van der Waals surface area contributed by atoms with Crippen LogP contribution in [0.25, 0.3) is 0 Å². The number of benzene rings is 1. The molecule has 1 aliphatic carbocycles. The number of carbonyl (C=O) groups excluding carboxylic acids is 1. The van der Waals surface area contributed by atoms with Gasteiger partial charge in [-0.1, -0.05) is 6.42 Å². The van der Waals surface area contributed by atoms with Crippen molar-refractivity contribution in [2.75, 3.05) is 39.1 Å². The summed E-state index contributed by atoms with van der Waals surface area (Å²) < 4.78 is 32.9. The van der Waals surface area contributed by atoms with Gasteiger partial charge in [0.25, 0.3) is 0 Å². The third kappa shape index (κ3) is 5.09. The van der Waals surface area contributed by atoms with E-state index in [9.17, 15) is 18.3 Å². The maximum atomic E-state index is 13.1. The van der Waals surface area contributed by atoms with Crippen LogP contribution in [0.3, 0.4) is 0 Å². The summed E-state index contributed by atoms with van der Waals surface area (Å²) in [5.41, 5.74) is 0.409. The number of piperidine rings is 1. The summed E-state index contributed by atoms with van der Waals surface area (Å²) in [6.07, 6.45) is 4.89. The Morgan fingerprint density at radius 3 is 2.59 bits per heavy atom. The fourth-order valence-corrected chi connectivity index (χ4v) is 5.88. The molecule has 0 aromatic heterocycles. The maximum absolute atomic E-state index is 13.1. The molecule has 2 aliphatic rings. The predicted octanol–water partition coefficient (Wildman–Crippen LogP) is 1.65. The first-order valence-corrected chi connectivity index (χ1v) is 11.6. The minimum Gasteiger partial charge on any atom is -0.495 e. The van der Waals surface area contributed by atoms with Crippen LogP contribution in [0, 0.1) is 0 Å². The second-order valence-electron chi connectivity index (χ2n) is 7.86. The van der Waals surface area contributed by atoms with E-state index in [2.05, 4.69) is 5.32 Å². The Labute approximate surface area is 172 Å². The summed E-state index contributed by atoms with van der Waals surface area (Å²) in [7, 11) is -0.439. The number of hydrogen-bond acceptors (Lipinski definition) is 6. The molecule has 0 spiro atoms. The van der Waals surface area contributed by atoms with Gasteiger partial charge >= 0.3 is 0 Å². The van der Waals surface area contributed by atoms with Crippen molar-refractivity contribution in [3.8, 4) is 5.75 Å². The Bertz CT molecular complexity index is 823. The van der Waals surface area contributed by atoms with Gasteiger partial charge in [0.15, 0.2) is 0 Å². The topological polar surface area (TPSA) is 99.2 Å². The second kappa shape index (κ2) is 9.42. The predicted molar refractivity (Wildman–Crippen MR) is 111 cm³/mol. The Hall–Kier alpha value is -1.68. The molecule has 1 aliphatic heterocycles. The first-order chi connectivity index (χ1) is 13.8. The molecule has 2 N–H and O–H groups in total. The zero-order chi connectivity index (χ0) is 21.0. The maximum Gasteiger partial charge on any atom is 0.246 e. The van der Waals surface area contributed by atoms with Crippen molar-refractivity contribution in [1.29, 1.82) is 0 Å². The Balaban J connectivity index is 1.73. The van der Waals surface area contributed by atoms with Crippen LogP contribution < -0.4 is 10.1 Å². The molecule has 3 rings (SSSR count). The highest BCUT2D eigenvalue weighted by molar-refractivity contribution is 7.89. The van der Waals surface area contributed by atoms with Crippen molar-refractivity contribution in [2.24, 2.45) is 0 Å². The van der Waals surface area contributed by atoms with Gasteiger partial charge in [0, 0.05) is 24.8 Å². The quantitative estimate of drug-likeness (QED) is 0.689. The largest absolute Gasteiger partial charge is 0.495 e. The second-order valence-corrected chi connectivity index (χ2v) is 9.77. The minimum atomic E-state index is -3.69. The van der Waals surface area contributed by atoms with Gasteiger partial charge in [-0.05, 0) is 57.4 Å². The number of amides is 1. The number of nitrogens with one attached hydrogen (secondary N) is 1. The standard InChI is InChI=1S/C20H31N3O5S/c1-22(16-7-6-8-17(16)24)14-20(25)21-15-9-10-18(28-2)19(13-15)29(26,27)23-11-4-3-5-12-23/h9-10,13,16-17,24H,3-8,11-12,14H2,1-2H3,(H,21,25)/t16-,17+/m0/s1. The number of rotatable bonds is 7. The van der Waals surface area contributed by atoms with Crippen molar-refractivity contribution in [2.45, 2.75) is 55.6 Å². The van der Waals surface area contributed by atoms with Crippen molar-refractivity contribution < 1.29 is 23.1 Å². The lowest BCUT2D eigenvalue weighted by Gasteiger charge is -2.27. The van der Waals surface area contributed by atoms with Gasteiger partial charge in [-0.25, -0.2) is 8.42 Å². The van der Waals surface area contributed by atoms with Gasteiger partial charge in [0.05, 0.1) is 19.8 Å². The van der Waals surface area contributed by atoms with E-state index < -0.39 is 16.1 Å². The molecule has 0 unspecified atom stereocenters. The van der Waals surface area contributed by atoms with Gasteiger partial charge in [0.1, 0.15) is 10.6 Å². The number of hydrogen-bond donors (Lipinski definition) is 2. The van der Waals surface area contributed by atoms with Crippen LogP contribution in [0.1, 0.15) is 38.5 Å². The lowest BCUT2D eigenvalue weighted by atomic mass is 10.2. The van der Waals surface area contributed by atoms with Gasteiger partial charge in [-0.2, -0.15) is 4.31 Å². The average Bonchev–Trinajstić information content (AvgIpc) is 3.14. The number of anilines is 1. The SMILES string of the molecule is COc1ccc(NC(=O)CN(C)[C@H]2CCC[C@H]2O)cc1S(=O)(=O)N1CCCCC1. The van der Waals surface area contributed by atoms with E-state index >= 15 is 0 Å². The molecule has 1 amide bonds. The summed E-state index contributed by atoms with van der Waals surface area (Å²) in [4.78, 5) is 14.4. The van der Waals surface area contributed by atoms with Crippen LogP contribution in [0.2, 0.25) is 0 Å². The van der Waals surface area contributed by atoms with E-state index in [-0.39, 0.29) is 29.1 Å². The Kier molecular flexibility index (Phi) is 7.15. The molecule has 2 fully saturated rings. The van der Waals surface area contributed by atoms with Crippen molar-refractivity contribution >= 4 is 21.6 Å². The van der Waals surface area contributed by atoms with E-state index in [1.807, 2.05) is 11.9 Å². The number of aliphatic hydroxyl groups is 1. The van der Waals surface area contributed by atoms with E-state index in [0.29, 0.717) is 18.8 Å². The number of likely N-dealkylation sites (N-methyl/N-ethyl adjacent to an activating group) is 1. The van der Waals surface area contributed by atoms with Crippen LogP contribution in [0.15, 0.2) is 23.1 Å². The van der Waals surface area contributed by atoms with Crippen molar-refractivity contribution in [3.05, 3.63) is 18.2 Å². The highest BCUT2D eigenvalue weighted by atomic mass is 32.2. The van der Waals surface area contributed by atoms with Crippen LogP contribution in [-0.2, 0) is 14.8 Å². The molecule has 8 nitrogen and oxygen atoms in total. The van der Waals surface area contributed by atoms with Gasteiger partial charge in [0.2, 0.25) is 15.9 Å². The zero-order valence-electron chi connectivity index (χ0n) is 17.1. The molecule has 0 bridgehead atoms. The van der Waals surface area contributed by atoms with E-state index in [4.69, 9.17) is 4.74 Å². The number of carbonyl (C=O) groups is 1. The molecule has 9 heteroatoms. The fraction of sp³-hybridized carbons (Fsp3) is 0.650. The number of methoxy groups -OCH3 is 1. The molecule has 1 heterocycles. The molecule has 162 valence electrons. The van der Waals surface area contributed by atoms with Crippen molar-refractivity contribution in [1.82, 2.24) is 9.21 Å². The van der Waals surface area contributed by atoms with Crippen molar-refractivity contribution in [3.63, 3.8) is 0 Å². The molecular formula is C20H31N3O5S. The van der Waals surface area contributed by atoms with Crippen LogP contribution in [-0.4, -0.2) is 74.6 Å². The summed E-state index contributed by atoms with van der Waals surface area (Å²) in [5.74, 6) is 0.0119. The number of nitrogens with zero attached hydrogens (tertiary/aromatic N) is 2. The van der Waals surface area contributed by atoms with Crippen LogP contribution in [0.4, 0.5) is 5.69 Å². The number of sulfonamides is 1. The lowest BCUT2D eigenvalue weighted by molar-refractivity contribution is -0.117. The van der Waals surface area contributed by atoms with E-state index in [1.54, 1.807) is 12.1 Å². The molecule has 1 saturated heterocycles. The number of ether oxygens (including phenoxy) is 1. The minimum absolute atomic E-state index is 0.0216. The molecule has 29 heavy (non-hydrogen) atoms. The first-order valence-electron chi connectivity index (χ1n) is 10.2. The molecule has 1 aromatic rings. The molecule has 2 atom stereocenters. The molecule has 1 saturated carbocycles. The third-order valence-corrected chi connectivity index (χ3v) is 7.70. The molecule has 0 radical (unpaired) electrons. The van der Waals surface area contributed by atoms with Crippen LogP contribution >= 0.6 is 0 Å². The highest BCUT2D eigenvalue weighted by Crippen LogP contribution is 2.31. The average molecular weight is 426 g/mol. The molecular weight excluding hydrogens is 394 g/mol. The normalized spacial score (nSPS) is 23.3. The Morgan fingerprint density at radius 1 is 1.24 bits per heavy atom. The van der Waals surface area contributed by atoms with E-state index in [1.165, 1.54) is 17.5 Å². The highest BCUT2D eigenvalue weighted by Gasteiger charge is 2.31. The van der Waals surface area contributed by atoms with Crippen LogP contribution in [0.5, 0.6) is 5.75 Å². The molecule has 1 aromatic carbocycles. The summed E-state index contributed by atoms with van der Waals surface area (Å²) in [6.45, 7) is 1.12. The van der Waals surface area contributed by atoms with E-state index in [0.717, 1.165) is 38.5 Å². The van der Waals surface area contributed by atoms with Gasteiger partial charge in [-0.3, -0.25) is 9.69 Å². The summed E-state index contributed by atoms with van der Waals surface area (Å²) in [6, 6.07) is 4.64. The smallest absolute Gasteiger partial charge is 0.246 e. The zero-order valence-corrected chi connectivity index (χ0v) is 18.0. The fourth-order valence-electron chi connectivity index (χ4n) is 4.18. The Morgan fingerprint density at radius 2 is 1.97 bits per heavy atom. The lowest BCUT2D eigenvalue weighted by Crippen LogP contribution is -2.42. The summed E-state index contributed by atoms with van der Waals surface area (Å²) in [5, 5.41) is 12.8. The van der Waals surface area contributed by atoms with Gasteiger partial charge < -0.3 is 15.2 Å². The monoisotopic (exact) mass is 425 g/mol. The first kappa shape index (κ1) is 22.0. The summed E-state index contributed by atoms with van der Waals surface area (Å²) >= 11 is 0. The van der Waals surface area contributed by atoms with Gasteiger partial charge in [-0.15, -0.1) is 0 Å². The third-order valence-electron chi connectivity index (χ3n) is 5.78.